The number of hydrogen-bond donors (Lipinski definition) is 5. The predicted molar refractivity (Wildman–Crippen MR) is 66.7 cm³/mol. The van der Waals surface area contributed by atoms with Crippen LogP contribution in [0.5, 0.6) is 0 Å². The molecule has 0 rings (SSSR count). The summed E-state index contributed by atoms with van der Waals surface area (Å²) in [6.45, 7) is -2.06. The molecule has 2 amide bonds. The molecule has 0 aliphatic rings. The van der Waals surface area contributed by atoms with Gasteiger partial charge in [-0.3, -0.25) is 4.79 Å². The van der Waals surface area contributed by atoms with E-state index in [0.717, 1.165) is 0 Å². The number of halogens is 1. The van der Waals surface area contributed by atoms with Crippen molar-refractivity contribution in [2.24, 2.45) is 5.29 Å². The molecule has 10 nitrogen and oxygen atoms in total. The molecule has 0 aromatic carbocycles. The Kier molecular flexibility index (Phi) is 8.92. The monoisotopic (exact) mass is 313 g/mol. The average Bonchev–Trinajstić information content (AvgIpc) is 2.47. The molecule has 0 radical (unpaired) electrons. The van der Waals surface area contributed by atoms with E-state index in [2.05, 4.69) is 5.29 Å². The molecule has 0 bridgehead atoms. The third-order valence-electron chi connectivity index (χ3n) is 2.29. The van der Waals surface area contributed by atoms with Gasteiger partial charge in [-0.05, 0) is 0 Å². The van der Waals surface area contributed by atoms with Crippen molar-refractivity contribution in [3.05, 3.63) is 4.91 Å². The summed E-state index contributed by atoms with van der Waals surface area (Å²) in [6, 6.07) is -2.86. The summed E-state index contributed by atoms with van der Waals surface area (Å²) in [7, 11) is 0. The number of nitrogens with zero attached hydrogens (tertiary/aromatic N) is 2. The number of hydrogen-bond acceptors (Lipinski definition) is 8. The second-order valence-electron chi connectivity index (χ2n) is 3.67. The number of urea groups is 1. The summed E-state index contributed by atoms with van der Waals surface area (Å²) in [4.78, 5) is 33.6. The minimum absolute atomic E-state index is 0.0976. The number of aliphatic hydroxyl groups excluding tert-OH is 4. The van der Waals surface area contributed by atoms with Gasteiger partial charge in [0.25, 0.3) is 0 Å². The Morgan fingerprint density at radius 3 is 2.25 bits per heavy atom. The predicted octanol–water partition coefficient (Wildman–Crippen LogP) is -2.44. The van der Waals surface area contributed by atoms with Gasteiger partial charge in [-0.15, -0.1) is 16.5 Å². The molecule has 20 heavy (non-hydrogen) atoms. The Morgan fingerprint density at radius 1 is 1.25 bits per heavy atom. The van der Waals surface area contributed by atoms with E-state index in [1.807, 2.05) is 5.32 Å². The first-order chi connectivity index (χ1) is 9.42. The molecule has 0 saturated heterocycles. The number of nitrogens with one attached hydrogen (secondary N) is 1. The molecular formula is C9H16ClN3O7. The van der Waals surface area contributed by atoms with Gasteiger partial charge < -0.3 is 25.7 Å². The lowest BCUT2D eigenvalue weighted by atomic mass is 10.0. The number of carbonyl (C=O) groups excluding carboxylic acids is 2. The lowest BCUT2D eigenvalue weighted by molar-refractivity contribution is -0.134. The molecule has 3 atom stereocenters. The quantitative estimate of drug-likeness (QED) is 0.179. The van der Waals surface area contributed by atoms with E-state index in [9.17, 15) is 24.7 Å². The number of nitroso groups, excluding NO2 is 1. The van der Waals surface area contributed by atoms with Crippen LogP contribution in [0.15, 0.2) is 5.29 Å². The van der Waals surface area contributed by atoms with Crippen LogP contribution in [-0.4, -0.2) is 81.1 Å². The Balaban J connectivity index is 4.93. The summed E-state index contributed by atoms with van der Waals surface area (Å²) in [5.41, 5.74) is 0. The Morgan fingerprint density at radius 2 is 1.85 bits per heavy atom. The van der Waals surface area contributed by atoms with Gasteiger partial charge in [-0.25, -0.2) is 4.79 Å². The molecule has 0 saturated carbocycles. The van der Waals surface area contributed by atoms with Gasteiger partial charge >= 0.3 is 6.03 Å². The molecular weight excluding hydrogens is 298 g/mol. The molecule has 0 aromatic rings. The fourth-order valence-corrected chi connectivity index (χ4v) is 1.39. The maximum absolute atomic E-state index is 11.6. The van der Waals surface area contributed by atoms with Gasteiger partial charge in [-0.2, -0.15) is 5.01 Å². The van der Waals surface area contributed by atoms with E-state index < -0.39 is 43.3 Å². The highest BCUT2D eigenvalue weighted by molar-refractivity contribution is 6.18. The molecule has 0 aliphatic carbocycles. The van der Waals surface area contributed by atoms with Crippen LogP contribution in [0.25, 0.3) is 0 Å². The van der Waals surface area contributed by atoms with Gasteiger partial charge in [0.1, 0.15) is 18.2 Å². The summed E-state index contributed by atoms with van der Waals surface area (Å²) in [5, 5.41) is 40.7. The van der Waals surface area contributed by atoms with Crippen molar-refractivity contribution in [3.8, 4) is 0 Å². The van der Waals surface area contributed by atoms with Crippen molar-refractivity contribution >= 4 is 23.4 Å². The smallest absolute Gasteiger partial charge is 0.341 e. The van der Waals surface area contributed by atoms with Crippen molar-refractivity contribution in [2.75, 3.05) is 25.6 Å². The topological polar surface area (TPSA) is 160 Å². The maximum atomic E-state index is 11.6. The molecule has 0 aliphatic heterocycles. The molecule has 0 unspecified atom stereocenters. The normalized spacial score (nSPS) is 15.1. The molecule has 0 aromatic heterocycles. The van der Waals surface area contributed by atoms with Crippen molar-refractivity contribution in [3.63, 3.8) is 0 Å². The number of ketones is 1. The maximum Gasteiger partial charge on any atom is 0.341 e. The van der Waals surface area contributed by atoms with Crippen molar-refractivity contribution in [1.29, 1.82) is 0 Å². The standard InChI is InChI=1S/C9H16ClN3O7/c10-1-2-13(12-20)9(19)11-7(5(16)3-14)8(18)6(17)4-15/h5-7,14-17H,1-4H2,(H,11,19)/t5-,6+,7-/m0/s1. The van der Waals surface area contributed by atoms with E-state index in [0.29, 0.717) is 5.01 Å². The summed E-state index contributed by atoms with van der Waals surface area (Å²) < 4.78 is 0. The Hall–Kier alpha value is -1.33. The molecule has 0 fully saturated rings. The van der Waals surface area contributed by atoms with Crippen molar-refractivity contribution < 1.29 is 30.0 Å². The highest BCUT2D eigenvalue weighted by Gasteiger charge is 2.33. The van der Waals surface area contributed by atoms with Crippen LogP contribution in [0.2, 0.25) is 0 Å². The highest BCUT2D eigenvalue weighted by Crippen LogP contribution is 2.02. The second kappa shape index (κ2) is 9.55. The molecule has 0 heterocycles. The molecule has 11 heteroatoms. The van der Waals surface area contributed by atoms with Gasteiger partial charge in [0.2, 0.25) is 0 Å². The van der Waals surface area contributed by atoms with E-state index in [4.69, 9.17) is 21.8 Å². The number of carbonyl (C=O) groups is 2. The first kappa shape index (κ1) is 18.7. The van der Waals surface area contributed by atoms with Crippen LogP contribution < -0.4 is 5.32 Å². The van der Waals surface area contributed by atoms with E-state index in [1.165, 1.54) is 0 Å². The fourth-order valence-electron chi connectivity index (χ4n) is 1.23. The summed E-state index contributed by atoms with van der Waals surface area (Å²) >= 11 is 5.33. The van der Waals surface area contributed by atoms with Crippen molar-refractivity contribution in [2.45, 2.75) is 18.2 Å². The summed E-state index contributed by atoms with van der Waals surface area (Å²) in [5.74, 6) is -1.22. The first-order valence-corrected chi connectivity index (χ1v) is 6.05. The van der Waals surface area contributed by atoms with Gasteiger partial charge in [0, 0.05) is 5.88 Å². The first-order valence-electron chi connectivity index (χ1n) is 5.51. The van der Waals surface area contributed by atoms with Crippen LogP contribution in [-0.2, 0) is 4.79 Å². The highest BCUT2D eigenvalue weighted by atomic mass is 35.5. The minimum atomic E-state index is -1.85. The Labute approximate surface area is 118 Å². The number of aliphatic hydroxyl groups is 4. The fraction of sp³-hybridized carbons (Fsp3) is 0.778. The van der Waals surface area contributed by atoms with Gasteiger partial charge in [0.05, 0.1) is 25.0 Å². The summed E-state index contributed by atoms with van der Waals surface area (Å²) in [6.07, 6.45) is -3.58. The zero-order valence-corrected chi connectivity index (χ0v) is 11.1. The van der Waals surface area contributed by atoms with E-state index in [-0.39, 0.29) is 12.4 Å². The van der Waals surface area contributed by atoms with Crippen LogP contribution in [0.1, 0.15) is 0 Å². The molecule has 5 N–H and O–H groups in total. The van der Waals surface area contributed by atoms with Gasteiger partial charge in [0.15, 0.2) is 5.78 Å². The van der Waals surface area contributed by atoms with Crippen LogP contribution in [0, 0.1) is 4.91 Å². The van der Waals surface area contributed by atoms with E-state index in [1.54, 1.807) is 0 Å². The van der Waals surface area contributed by atoms with Crippen LogP contribution in [0.3, 0.4) is 0 Å². The number of alkyl halides is 1. The number of Topliss-reactive ketones (excluding diaryl/α,β-unsaturated/α-hetero) is 1. The number of amides is 2. The Bertz CT molecular complexity index is 344. The average molecular weight is 314 g/mol. The zero-order chi connectivity index (χ0) is 15.7. The zero-order valence-electron chi connectivity index (χ0n) is 10.3. The third-order valence-corrected chi connectivity index (χ3v) is 2.46. The SMILES string of the molecule is O=NN(CCCl)C(=O)N[C@H](C(=O)[C@H](O)CO)[C@@H](O)CO. The van der Waals surface area contributed by atoms with Crippen LogP contribution in [0.4, 0.5) is 4.79 Å². The molecule has 0 spiro atoms. The van der Waals surface area contributed by atoms with E-state index >= 15 is 0 Å². The minimum Gasteiger partial charge on any atom is -0.394 e. The lowest BCUT2D eigenvalue weighted by Gasteiger charge is -2.24. The number of rotatable bonds is 9. The van der Waals surface area contributed by atoms with Crippen LogP contribution >= 0.6 is 11.6 Å². The lowest BCUT2D eigenvalue weighted by Crippen LogP contribution is -2.56. The molecule has 116 valence electrons. The second-order valence-corrected chi connectivity index (χ2v) is 4.05. The third kappa shape index (κ3) is 5.35. The van der Waals surface area contributed by atoms with Gasteiger partial charge in [-0.1, -0.05) is 0 Å². The van der Waals surface area contributed by atoms with Crippen molar-refractivity contribution in [1.82, 2.24) is 10.3 Å². The largest absolute Gasteiger partial charge is 0.394 e.